The Morgan fingerprint density at radius 1 is 1.16 bits per heavy atom. The first-order valence-electron chi connectivity index (χ1n) is 10.5. The number of rotatable bonds is 4. The first-order chi connectivity index (χ1) is 15.6. The Kier molecular flexibility index (Phi) is 4.07. The Balaban J connectivity index is 1.64. The molecule has 8 nitrogen and oxygen atoms in total. The number of hydrogen-bond acceptors (Lipinski definition) is 6. The lowest BCUT2D eigenvalue weighted by Crippen LogP contribution is -2.10. The van der Waals surface area contributed by atoms with Crippen LogP contribution in [0.3, 0.4) is 0 Å². The van der Waals surface area contributed by atoms with E-state index in [1.807, 2.05) is 17.6 Å². The number of para-hydroxylation sites is 1. The molecule has 1 fully saturated rings. The van der Waals surface area contributed by atoms with Crippen molar-refractivity contribution in [2.45, 2.75) is 31.7 Å². The summed E-state index contributed by atoms with van der Waals surface area (Å²) in [6.45, 7) is 1.97. The molecule has 1 aliphatic carbocycles. The highest BCUT2D eigenvalue weighted by molar-refractivity contribution is 6.17. The number of imidazole rings is 1. The van der Waals surface area contributed by atoms with Gasteiger partial charge in [0, 0.05) is 11.6 Å². The highest BCUT2D eigenvalue weighted by atomic mass is 16.6. The van der Waals surface area contributed by atoms with E-state index in [-0.39, 0.29) is 16.7 Å². The molecule has 32 heavy (non-hydrogen) atoms. The van der Waals surface area contributed by atoms with Gasteiger partial charge in [0.15, 0.2) is 12.2 Å². The second-order valence-corrected chi connectivity index (χ2v) is 8.19. The summed E-state index contributed by atoms with van der Waals surface area (Å²) < 4.78 is 7.53. The van der Waals surface area contributed by atoms with Gasteiger partial charge in [0.2, 0.25) is 0 Å². The number of fused-ring (bicyclic) bond motifs is 3. The average Bonchev–Trinajstić information content (AvgIpc) is 3.36. The maximum absolute atomic E-state index is 11.8. The van der Waals surface area contributed by atoms with Crippen LogP contribution in [0.1, 0.15) is 54.1 Å². The quantitative estimate of drug-likeness (QED) is 0.329. The first kappa shape index (κ1) is 18.7. The zero-order valence-electron chi connectivity index (χ0n) is 17.3. The molecule has 0 saturated heterocycles. The standard InChI is InChI=1S/C24H19N5O3/c1-14-24-23(21-11-25-13-32-21)26-12-28(24)19-9-8-16(15-6-7-15)10-18(19)22(27-14)17-4-2-3-5-20(17)29(30)31/h2-5,8-15H,6-7H2,1H3/t14-/m1/s1. The normalized spacial score (nSPS) is 17.3. The molecule has 1 aliphatic heterocycles. The van der Waals surface area contributed by atoms with Crippen LogP contribution in [0.4, 0.5) is 5.69 Å². The Morgan fingerprint density at radius 3 is 2.75 bits per heavy atom. The fourth-order valence-electron chi connectivity index (χ4n) is 4.47. The fourth-order valence-corrected chi connectivity index (χ4v) is 4.47. The first-order valence-corrected chi connectivity index (χ1v) is 10.5. The van der Waals surface area contributed by atoms with Crippen LogP contribution in [0.5, 0.6) is 0 Å². The Bertz CT molecular complexity index is 1380. The Labute approximate surface area is 183 Å². The van der Waals surface area contributed by atoms with Crippen LogP contribution in [-0.2, 0) is 0 Å². The van der Waals surface area contributed by atoms with Crippen molar-refractivity contribution < 1.29 is 9.34 Å². The van der Waals surface area contributed by atoms with Crippen molar-refractivity contribution in [2.24, 2.45) is 4.99 Å². The van der Waals surface area contributed by atoms with Crippen LogP contribution < -0.4 is 0 Å². The van der Waals surface area contributed by atoms with E-state index in [1.54, 1.807) is 24.7 Å². The molecule has 0 amide bonds. The predicted molar refractivity (Wildman–Crippen MR) is 118 cm³/mol. The van der Waals surface area contributed by atoms with Crippen LogP contribution in [0.15, 0.2) is 70.8 Å². The number of nitro groups is 1. The molecule has 2 aliphatic rings. The summed E-state index contributed by atoms with van der Waals surface area (Å²) in [4.78, 5) is 25.1. The maximum atomic E-state index is 11.8. The summed E-state index contributed by atoms with van der Waals surface area (Å²) in [5.74, 6) is 1.10. The number of oxazole rings is 1. The van der Waals surface area contributed by atoms with Gasteiger partial charge in [-0.15, -0.1) is 0 Å². The number of hydrogen-bond donors (Lipinski definition) is 0. The zero-order chi connectivity index (χ0) is 21.8. The minimum Gasteiger partial charge on any atom is -0.442 e. The van der Waals surface area contributed by atoms with E-state index in [0.717, 1.165) is 16.9 Å². The molecule has 1 atom stereocenters. The monoisotopic (exact) mass is 425 g/mol. The highest BCUT2D eigenvalue weighted by Crippen LogP contribution is 2.43. The molecule has 1 saturated carbocycles. The summed E-state index contributed by atoms with van der Waals surface area (Å²) in [7, 11) is 0. The van der Waals surface area contributed by atoms with E-state index < -0.39 is 0 Å². The molecule has 6 rings (SSSR count). The topological polar surface area (TPSA) is 99.3 Å². The van der Waals surface area contributed by atoms with Crippen LogP contribution >= 0.6 is 0 Å². The molecule has 0 radical (unpaired) electrons. The van der Waals surface area contributed by atoms with Crippen molar-refractivity contribution in [3.05, 3.63) is 93.9 Å². The van der Waals surface area contributed by atoms with Gasteiger partial charge in [-0.1, -0.05) is 18.2 Å². The Morgan fingerprint density at radius 2 is 2.00 bits per heavy atom. The van der Waals surface area contributed by atoms with E-state index in [4.69, 9.17) is 9.41 Å². The lowest BCUT2D eigenvalue weighted by molar-refractivity contribution is -0.385. The molecule has 0 unspecified atom stereocenters. The van der Waals surface area contributed by atoms with Gasteiger partial charge in [0.25, 0.3) is 5.69 Å². The lowest BCUT2D eigenvalue weighted by Gasteiger charge is -2.14. The van der Waals surface area contributed by atoms with Gasteiger partial charge in [-0.2, -0.15) is 0 Å². The molecule has 8 heteroatoms. The second kappa shape index (κ2) is 6.98. The second-order valence-electron chi connectivity index (χ2n) is 8.19. The molecule has 2 aromatic carbocycles. The number of nitrogens with zero attached hydrogens (tertiary/aromatic N) is 5. The minimum absolute atomic E-state index is 0.0430. The van der Waals surface area contributed by atoms with Crippen molar-refractivity contribution in [3.63, 3.8) is 0 Å². The summed E-state index contributed by atoms with van der Waals surface area (Å²) in [5.41, 5.74) is 5.70. The van der Waals surface area contributed by atoms with Crippen molar-refractivity contribution in [3.8, 4) is 17.1 Å². The van der Waals surface area contributed by atoms with Crippen LogP contribution in [0.2, 0.25) is 0 Å². The van der Waals surface area contributed by atoms with E-state index in [2.05, 4.69) is 28.2 Å². The van der Waals surface area contributed by atoms with Gasteiger partial charge >= 0.3 is 0 Å². The molecular formula is C24H19N5O3. The molecular weight excluding hydrogens is 406 g/mol. The molecule has 3 heterocycles. The van der Waals surface area contributed by atoms with Gasteiger partial charge in [-0.05, 0) is 49.4 Å². The highest BCUT2D eigenvalue weighted by Gasteiger charge is 2.31. The van der Waals surface area contributed by atoms with E-state index in [0.29, 0.717) is 28.6 Å². The molecule has 0 bridgehead atoms. The molecule has 0 spiro atoms. The van der Waals surface area contributed by atoms with Crippen molar-refractivity contribution in [1.82, 2.24) is 14.5 Å². The minimum atomic E-state index is -0.348. The molecule has 2 aromatic heterocycles. The van der Waals surface area contributed by atoms with Gasteiger partial charge < -0.3 is 4.42 Å². The van der Waals surface area contributed by atoms with Crippen molar-refractivity contribution in [2.75, 3.05) is 0 Å². The van der Waals surface area contributed by atoms with Crippen LogP contribution in [0.25, 0.3) is 17.1 Å². The summed E-state index contributed by atoms with van der Waals surface area (Å²) in [6, 6.07) is 12.8. The van der Waals surface area contributed by atoms with Crippen LogP contribution in [0, 0.1) is 10.1 Å². The SMILES string of the molecule is C[C@H]1N=C(c2ccccc2[N+](=O)[O-])c2cc(C3CC3)ccc2-n2cnc(-c3cnco3)c21. The average molecular weight is 425 g/mol. The third-order valence-corrected chi connectivity index (χ3v) is 6.13. The number of nitro benzene ring substituents is 1. The fraction of sp³-hybridized carbons (Fsp3) is 0.208. The lowest BCUT2D eigenvalue weighted by atomic mass is 9.96. The van der Waals surface area contributed by atoms with Gasteiger partial charge in [-0.25, -0.2) is 9.97 Å². The third-order valence-electron chi connectivity index (χ3n) is 6.13. The summed E-state index contributed by atoms with van der Waals surface area (Å²) in [6.07, 6.45) is 7.10. The van der Waals surface area contributed by atoms with Crippen molar-refractivity contribution in [1.29, 1.82) is 0 Å². The number of aliphatic imine (C=N–C) groups is 1. The molecule has 0 N–H and O–H groups in total. The summed E-state index contributed by atoms with van der Waals surface area (Å²) in [5, 5.41) is 11.8. The van der Waals surface area contributed by atoms with E-state index in [1.165, 1.54) is 30.9 Å². The zero-order valence-corrected chi connectivity index (χ0v) is 17.3. The number of aromatic nitrogens is 3. The van der Waals surface area contributed by atoms with Gasteiger partial charge in [0.05, 0.1) is 39.8 Å². The van der Waals surface area contributed by atoms with Crippen molar-refractivity contribution >= 4 is 11.4 Å². The molecule has 158 valence electrons. The maximum Gasteiger partial charge on any atom is 0.278 e. The van der Waals surface area contributed by atoms with Gasteiger partial charge in [-0.3, -0.25) is 19.7 Å². The largest absolute Gasteiger partial charge is 0.442 e. The summed E-state index contributed by atoms with van der Waals surface area (Å²) >= 11 is 0. The van der Waals surface area contributed by atoms with E-state index in [9.17, 15) is 10.1 Å². The molecule has 4 aromatic rings. The number of benzene rings is 2. The smallest absolute Gasteiger partial charge is 0.278 e. The Hall–Kier alpha value is -4.07. The van der Waals surface area contributed by atoms with Gasteiger partial charge in [0.1, 0.15) is 12.0 Å². The van der Waals surface area contributed by atoms with E-state index >= 15 is 0 Å². The van der Waals surface area contributed by atoms with Crippen LogP contribution in [-0.4, -0.2) is 25.2 Å². The third kappa shape index (κ3) is 2.87. The predicted octanol–water partition coefficient (Wildman–Crippen LogP) is 5.22.